The van der Waals surface area contributed by atoms with Gasteiger partial charge in [0.2, 0.25) is 0 Å². The van der Waals surface area contributed by atoms with E-state index in [9.17, 15) is 14.0 Å². The van der Waals surface area contributed by atoms with E-state index in [4.69, 9.17) is 14.2 Å². The summed E-state index contributed by atoms with van der Waals surface area (Å²) in [5.74, 6) is 0.132. The number of H-pyrrole nitrogens is 1. The summed E-state index contributed by atoms with van der Waals surface area (Å²) < 4.78 is 30.9. The third kappa shape index (κ3) is 5.23. The maximum atomic E-state index is 14.6. The minimum absolute atomic E-state index is 0.0703. The number of hydrogen-bond acceptors (Lipinski definition) is 7. The number of amides is 2. The first-order valence-electron chi connectivity index (χ1n) is 13.0. The van der Waals surface area contributed by atoms with Crippen molar-refractivity contribution in [2.24, 2.45) is 5.92 Å². The monoisotopic (exact) mass is 525 g/mol. The summed E-state index contributed by atoms with van der Waals surface area (Å²) in [6.07, 6.45) is 4.52. The number of hydrogen-bond donors (Lipinski definition) is 2. The van der Waals surface area contributed by atoms with E-state index in [1.54, 1.807) is 24.8 Å². The van der Waals surface area contributed by atoms with E-state index in [0.717, 1.165) is 12.8 Å². The number of aromatic amines is 1. The summed E-state index contributed by atoms with van der Waals surface area (Å²) in [4.78, 5) is 39.2. The van der Waals surface area contributed by atoms with Gasteiger partial charge in [-0.2, -0.15) is 0 Å². The van der Waals surface area contributed by atoms with Crippen LogP contribution in [0.3, 0.4) is 0 Å². The highest BCUT2D eigenvalue weighted by Crippen LogP contribution is 2.39. The van der Waals surface area contributed by atoms with Crippen molar-refractivity contribution in [1.29, 1.82) is 0 Å². The first kappa shape index (κ1) is 25.7. The fourth-order valence-corrected chi connectivity index (χ4v) is 4.77. The van der Waals surface area contributed by atoms with Crippen molar-refractivity contribution >= 4 is 23.0 Å². The lowest BCUT2D eigenvalue weighted by atomic mass is 10.0. The van der Waals surface area contributed by atoms with Crippen molar-refractivity contribution < 1.29 is 28.2 Å². The average molecular weight is 526 g/mol. The lowest BCUT2D eigenvalue weighted by molar-refractivity contribution is 0.0860. The summed E-state index contributed by atoms with van der Waals surface area (Å²) in [6.45, 7) is 5.44. The predicted molar refractivity (Wildman–Crippen MR) is 138 cm³/mol. The zero-order chi connectivity index (χ0) is 26.8. The number of piperidine rings is 1. The molecular formula is C27H32FN5O5. The van der Waals surface area contributed by atoms with E-state index in [0.29, 0.717) is 84.4 Å². The average Bonchev–Trinajstić information content (AvgIpc) is 3.67. The highest BCUT2D eigenvalue weighted by Gasteiger charge is 2.28. The molecule has 2 aliphatic rings. The summed E-state index contributed by atoms with van der Waals surface area (Å²) in [7, 11) is 1.40. The minimum Gasteiger partial charge on any atom is -0.494 e. The van der Waals surface area contributed by atoms with Crippen molar-refractivity contribution in [2.75, 3.05) is 33.4 Å². The number of nitrogens with one attached hydrogen (secondary N) is 2. The van der Waals surface area contributed by atoms with Gasteiger partial charge in [-0.1, -0.05) is 0 Å². The Morgan fingerprint density at radius 2 is 1.92 bits per heavy atom. The molecule has 1 saturated heterocycles. The van der Waals surface area contributed by atoms with Gasteiger partial charge < -0.3 is 29.4 Å². The zero-order valence-electron chi connectivity index (χ0n) is 21.8. The number of aryl methyl sites for hydroxylation is 1. The molecule has 10 nitrogen and oxygen atoms in total. The quantitative estimate of drug-likeness (QED) is 0.452. The number of nitrogens with zero attached hydrogens (tertiary/aromatic N) is 3. The predicted octanol–water partition coefficient (Wildman–Crippen LogP) is 4.22. The second-order valence-corrected chi connectivity index (χ2v) is 9.74. The fourth-order valence-electron chi connectivity index (χ4n) is 4.77. The molecule has 0 unspecified atom stereocenters. The normalized spacial score (nSPS) is 15.9. The number of aromatic nitrogens is 3. The molecule has 3 heterocycles. The molecule has 1 aromatic carbocycles. The largest absolute Gasteiger partial charge is 0.494 e. The highest BCUT2D eigenvalue weighted by molar-refractivity contribution is 6.09. The number of rotatable bonds is 8. The molecule has 5 rings (SSSR count). The van der Waals surface area contributed by atoms with Gasteiger partial charge in [0.25, 0.3) is 5.91 Å². The molecule has 3 aromatic rings. The number of halogens is 1. The van der Waals surface area contributed by atoms with Crippen LogP contribution in [0.1, 0.15) is 48.7 Å². The molecule has 2 aromatic heterocycles. The lowest BCUT2D eigenvalue weighted by Gasteiger charge is -2.31. The molecule has 38 heavy (non-hydrogen) atoms. The molecule has 0 spiro atoms. The van der Waals surface area contributed by atoms with Crippen LogP contribution < -0.4 is 14.8 Å². The van der Waals surface area contributed by atoms with Crippen LogP contribution in [0, 0.1) is 18.7 Å². The molecule has 1 saturated carbocycles. The van der Waals surface area contributed by atoms with E-state index in [-0.39, 0.29) is 23.8 Å². The van der Waals surface area contributed by atoms with Crippen LogP contribution in [0.5, 0.6) is 11.5 Å². The van der Waals surface area contributed by atoms with Gasteiger partial charge in [-0.25, -0.2) is 19.2 Å². The number of fused-ring (bicyclic) bond motifs is 1. The molecule has 2 fully saturated rings. The SMILES string of the molecule is CCOC(=O)N1CCC(NC(=O)c2c(C)[nH]c3c(-c4cc(OC)c(F)cc4OCC4CC4)ncnc23)CC1. The van der Waals surface area contributed by atoms with E-state index in [1.165, 1.54) is 19.5 Å². The van der Waals surface area contributed by atoms with E-state index >= 15 is 0 Å². The third-order valence-electron chi connectivity index (χ3n) is 7.04. The highest BCUT2D eigenvalue weighted by atomic mass is 19.1. The lowest BCUT2D eigenvalue weighted by Crippen LogP contribution is -2.46. The van der Waals surface area contributed by atoms with Gasteiger partial charge in [-0.15, -0.1) is 0 Å². The van der Waals surface area contributed by atoms with Crippen molar-refractivity contribution in [2.45, 2.75) is 45.6 Å². The Morgan fingerprint density at radius 1 is 1.16 bits per heavy atom. The molecular weight excluding hydrogens is 493 g/mol. The number of methoxy groups -OCH3 is 1. The van der Waals surface area contributed by atoms with E-state index < -0.39 is 5.82 Å². The Balaban J connectivity index is 1.41. The molecule has 0 atom stereocenters. The smallest absolute Gasteiger partial charge is 0.409 e. The fraction of sp³-hybridized carbons (Fsp3) is 0.481. The first-order chi connectivity index (χ1) is 18.4. The van der Waals surface area contributed by atoms with Crippen LogP contribution in [0.4, 0.5) is 9.18 Å². The van der Waals surface area contributed by atoms with Crippen molar-refractivity contribution in [3.05, 3.63) is 35.5 Å². The summed E-state index contributed by atoms with van der Waals surface area (Å²) >= 11 is 0. The Morgan fingerprint density at radius 3 is 2.61 bits per heavy atom. The zero-order valence-corrected chi connectivity index (χ0v) is 21.8. The maximum Gasteiger partial charge on any atom is 0.409 e. The van der Waals surface area contributed by atoms with E-state index in [2.05, 4.69) is 20.3 Å². The summed E-state index contributed by atoms with van der Waals surface area (Å²) in [5.41, 5.74) is 3.12. The summed E-state index contributed by atoms with van der Waals surface area (Å²) in [6, 6.07) is 2.80. The number of likely N-dealkylation sites (tertiary alicyclic amines) is 1. The number of carbonyl (C=O) groups excluding carboxylic acids is 2. The second kappa shape index (κ2) is 10.8. The molecule has 1 aliphatic carbocycles. The standard InChI is InChI=1S/C27H32FN5O5/c1-4-37-27(35)33-9-7-17(8-10-33)32-26(34)22-15(2)31-25-23(29-14-30-24(22)25)18-11-21(36-3)19(28)12-20(18)38-13-16-5-6-16/h11-12,14,16-17,31H,4-10,13H2,1-3H3,(H,32,34). The number of carbonyl (C=O) groups is 2. The number of ether oxygens (including phenoxy) is 3. The van der Waals surface area contributed by atoms with Gasteiger partial charge in [0.05, 0.1) is 31.4 Å². The second-order valence-electron chi connectivity index (χ2n) is 9.74. The molecule has 2 N–H and O–H groups in total. The molecule has 11 heteroatoms. The minimum atomic E-state index is -0.524. The molecule has 0 bridgehead atoms. The summed E-state index contributed by atoms with van der Waals surface area (Å²) in [5, 5.41) is 3.09. The Hall–Kier alpha value is -3.89. The van der Waals surface area contributed by atoms with Crippen molar-refractivity contribution in [1.82, 2.24) is 25.2 Å². The Bertz CT molecular complexity index is 1350. The van der Waals surface area contributed by atoms with Gasteiger partial charge in [-0.05, 0) is 51.5 Å². The van der Waals surface area contributed by atoms with Gasteiger partial charge in [0.15, 0.2) is 11.6 Å². The van der Waals surface area contributed by atoms with Crippen LogP contribution in [0.15, 0.2) is 18.5 Å². The van der Waals surface area contributed by atoms with Gasteiger partial charge >= 0.3 is 6.09 Å². The van der Waals surface area contributed by atoms with Crippen LogP contribution in [0.25, 0.3) is 22.3 Å². The molecule has 0 radical (unpaired) electrons. The number of benzene rings is 1. The van der Waals surface area contributed by atoms with Crippen LogP contribution in [-0.4, -0.2) is 71.3 Å². The van der Waals surface area contributed by atoms with Gasteiger partial charge in [0.1, 0.15) is 23.3 Å². The van der Waals surface area contributed by atoms with Crippen molar-refractivity contribution in [3.8, 4) is 22.8 Å². The third-order valence-corrected chi connectivity index (χ3v) is 7.04. The molecule has 1 aliphatic heterocycles. The van der Waals surface area contributed by atoms with Crippen molar-refractivity contribution in [3.63, 3.8) is 0 Å². The van der Waals surface area contributed by atoms with Gasteiger partial charge in [-0.3, -0.25) is 4.79 Å². The molecule has 202 valence electrons. The Labute approximate surface area is 219 Å². The van der Waals surface area contributed by atoms with Crippen LogP contribution >= 0.6 is 0 Å². The Kier molecular flexibility index (Phi) is 7.35. The first-order valence-corrected chi connectivity index (χ1v) is 13.0. The van der Waals surface area contributed by atoms with E-state index in [1.807, 2.05) is 0 Å². The van der Waals surface area contributed by atoms with Crippen LogP contribution in [-0.2, 0) is 4.74 Å². The topological polar surface area (TPSA) is 119 Å². The molecule has 2 amide bonds. The van der Waals surface area contributed by atoms with Crippen LogP contribution in [0.2, 0.25) is 0 Å². The van der Waals surface area contributed by atoms with Gasteiger partial charge in [0, 0.05) is 36.5 Å². The maximum absolute atomic E-state index is 14.6.